The van der Waals surface area contributed by atoms with Gasteiger partial charge in [0.25, 0.3) is 0 Å². The summed E-state index contributed by atoms with van der Waals surface area (Å²) in [5.74, 6) is 0.788. The summed E-state index contributed by atoms with van der Waals surface area (Å²) >= 11 is 14.6. The number of ether oxygens (including phenoxy) is 3. The maximum Gasteiger partial charge on any atom is 0.407 e. The number of aliphatic hydroxyl groups is 1. The number of hydrogen-bond donors (Lipinski definition) is 5. The van der Waals surface area contributed by atoms with Crippen LogP contribution >= 0.6 is 45.9 Å². The zero-order valence-electron chi connectivity index (χ0n) is 46.7. The van der Waals surface area contributed by atoms with E-state index in [0.717, 1.165) is 70.2 Å². The molecule has 19 nitrogen and oxygen atoms in total. The summed E-state index contributed by atoms with van der Waals surface area (Å²) in [7, 11) is 3.86. The maximum atomic E-state index is 12.2. The van der Waals surface area contributed by atoms with Crippen molar-refractivity contribution in [2.24, 2.45) is 5.73 Å². The number of rotatable bonds is 20. The van der Waals surface area contributed by atoms with Crippen molar-refractivity contribution in [2.75, 3.05) is 61.7 Å². The van der Waals surface area contributed by atoms with Crippen LogP contribution in [0.2, 0.25) is 10.3 Å². The van der Waals surface area contributed by atoms with Crippen molar-refractivity contribution in [1.29, 1.82) is 10.5 Å². The number of hydrogen-bond acceptors (Lipinski definition) is 20. The molecule has 10 aromatic rings. The highest BCUT2D eigenvalue weighted by Crippen LogP contribution is 2.30. The Hall–Kier alpha value is -9.71. The molecule has 23 heteroatoms. The Bertz CT molecular complexity index is 3920. The Labute approximate surface area is 514 Å². The van der Waals surface area contributed by atoms with E-state index in [1.165, 1.54) is 34.8 Å². The number of aliphatic hydroxyl groups excluding tert-OH is 1. The number of thiazole rings is 2. The third-order valence-electron chi connectivity index (χ3n) is 12.5. The van der Waals surface area contributed by atoms with Crippen molar-refractivity contribution in [3.05, 3.63) is 211 Å². The summed E-state index contributed by atoms with van der Waals surface area (Å²) in [5, 5.41) is 32.9. The van der Waals surface area contributed by atoms with Crippen LogP contribution in [-0.4, -0.2) is 81.5 Å². The van der Waals surface area contributed by atoms with Gasteiger partial charge in [-0.25, -0.2) is 24.7 Å². The largest absolute Gasteiger partial charge is 0.473 e. The lowest BCUT2D eigenvalue weighted by Crippen LogP contribution is -2.28. The minimum atomic E-state index is -0.497. The molecule has 86 heavy (non-hydrogen) atoms. The number of nitriles is 2. The zero-order valence-corrected chi connectivity index (χ0v) is 49.8. The molecule has 0 aliphatic heterocycles. The van der Waals surface area contributed by atoms with Gasteiger partial charge >= 0.3 is 6.09 Å². The standard InChI is InChI=1S/C32H28ClN7O3S.C19H17N3OS.C12H13ClN4O/c1-40(25-12-10-21(11-13-25)16-24(18-34)30-37-26-4-2-3-5-27(26)44-30)14-15-42-32(41)36-19-22-6-8-23(9-7-22)20-43-29-17-28(33)38-31(35)39-29;1-22(10-11-23)16-8-6-14(7-9-16)12-15(13-20)19-21-17-4-2-3-5-18(17)24-19;13-10-5-11(17-12(15)16-10)18-7-9-3-1-8(6-14)2-4-9/h2-13,16-17H,14-15,19-20H2,1H3,(H,36,41)(H2,35,38,39);2-9,12,23H,10-11H2,1H3;1-5H,6-7,14H2,(H2,15,16,17)/b24-16+;15-12+;. The van der Waals surface area contributed by atoms with Gasteiger partial charge in [0.1, 0.15) is 52.3 Å². The maximum absolute atomic E-state index is 12.2. The highest BCUT2D eigenvalue weighted by molar-refractivity contribution is 7.20. The molecule has 4 aromatic heterocycles. The first kappa shape index (κ1) is 62.3. The lowest BCUT2D eigenvalue weighted by Gasteiger charge is -2.19. The Morgan fingerprint density at radius 1 is 0.605 bits per heavy atom. The Morgan fingerprint density at radius 3 is 1.45 bits per heavy atom. The number of nitrogens with two attached hydrogens (primary N) is 3. The van der Waals surface area contributed by atoms with E-state index in [1.807, 2.05) is 182 Å². The van der Waals surface area contributed by atoms with Crippen LogP contribution in [0.15, 0.2) is 158 Å². The van der Waals surface area contributed by atoms with Gasteiger partial charge in [-0.1, -0.05) is 120 Å². The first-order chi connectivity index (χ1) is 41.7. The Kier molecular flexibility index (Phi) is 22.7. The van der Waals surface area contributed by atoms with Gasteiger partial charge in [-0.15, -0.1) is 22.7 Å². The molecule has 8 N–H and O–H groups in total. The fourth-order valence-corrected chi connectivity index (χ4v) is 10.2. The molecule has 6 aromatic carbocycles. The number of carbonyl (C=O) groups excluding carboxylic acids is 1. The van der Waals surface area contributed by atoms with Gasteiger partial charge in [0.15, 0.2) is 0 Å². The molecule has 4 heterocycles. The second-order valence-electron chi connectivity index (χ2n) is 18.7. The van der Waals surface area contributed by atoms with Crippen molar-refractivity contribution in [3.63, 3.8) is 0 Å². The molecule has 0 spiro atoms. The number of benzene rings is 6. The number of alkyl carbamates (subject to hydrolysis) is 1. The van der Waals surface area contributed by atoms with Gasteiger partial charge < -0.3 is 51.6 Å². The SMILES string of the molecule is CN(CCO)c1ccc(/C=C(\C#N)c2nc3ccccc3s2)cc1.CN(CCOC(=O)NCc1ccc(COc2cc(Cl)nc(N)n2)cc1)c1ccc(/C=C(\C#N)c2nc3ccccc3s2)cc1.NCc1ccc(COc2cc(Cl)nc(N)n2)cc1. The number of nitrogen functional groups attached to an aromatic ring is 2. The highest BCUT2D eigenvalue weighted by atomic mass is 35.5. The molecule has 0 bridgehead atoms. The molecule has 436 valence electrons. The van der Waals surface area contributed by atoms with Crippen molar-refractivity contribution in [2.45, 2.75) is 26.3 Å². The van der Waals surface area contributed by atoms with Gasteiger partial charge in [-0.2, -0.15) is 20.5 Å². The summed E-state index contributed by atoms with van der Waals surface area (Å²) < 4.78 is 18.6. The number of para-hydroxylation sites is 2. The molecular formula is C63H58Cl2N14O5S2. The molecule has 1 amide bonds. The number of likely N-dealkylation sites (N-methyl/N-ethyl adjacent to an activating group) is 2. The van der Waals surface area contributed by atoms with Crippen LogP contribution in [0.1, 0.15) is 43.4 Å². The average molecular weight is 1230 g/mol. The normalized spacial score (nSPS) is 11.1. The highest BCUT2D eigenvalue weighted by Gasteiger charge is 2.12. The number of anilines is 4. The summed E-state index contributed by atoms with van der Waals surface area (Å²) in [6.45, 7) is 2.95. The first-order valence-electron chi connectivity index (χ1n) is 26.6. The number of amides is 1. The predicted octanol–water partition coefficient (Wildman–Crippen LogP) is 11.9. The van der Waals surface area contributed by atoms with Crippen molar-refractivity contribution in [3.8, 4) is 23.9 Å². The quantitative estimate of drug-likeness (QED) is 0.0350. The molecule has 0 saturated heterocycles. The summed E-state index contributed by atoms with van der Waals surface area (Å²) in [6, 6.07) is 54.4. The van der Waals surface area contributed by atoms with Crippen LogP contribution < -0.4 is 41.8 Å². The topological polar surface area (TPSA) is 286 Å². The molecule has 0 atom stereocenters. The molecule has 0 aliphatic rings. The fourth-order valence-electron chi connectivity index (χ4n) is 7.97. The van der Waals surface area contributed by atoms with Gasteiger partial charge in [-0.05, 0) is 94.1 Å². The molecule has 10 rings (SSSR count). The van der Waals surface area contributed by atoms with Crippen LogP contribution in [-0.2, 0) is 31.0 Å². The molecular weight excluding hydrogens is 1170 g/mol. The van der Waals surface area contributed by atoms with E-state index in [9.17, 15) is 15.3 Å². The lowest BCUT2D eigenvalue weighted by molar-refractivity contribution is 0.148. The minimum Gasteiger partial charge on any atom is -0.473 e. The smallest absolute Gasteiger partial charge is 0.407 e. The van der Waals surface area contributed by atoms with E-state index in [0.29, 0.717) is 60.7 Å². The van der Waals surface area contributed by atoms with Crippen LogP contribution in [0.3, 0.4) is 0 Å². The second kappa shape index (κ2) is 31.3. The van der Waals surface area contributed by atoms with Crippen LogP contribution in [0.5, 0.6) is 11.8 Å². The van der Waals surface area contributed by atoms with Gasteiger partial charge in [0, 0.05) is 57.2 Å². The molecule has 0 radical (unpaired) electrons. The molecule has 0 unspecified atom stereocenters. The Balaban J connectivity index is 0.000000190. The average Bonchev–Trinajstić information content (AvgIpc) is 3.47. The molecule has 0 fully saturated rings. The monoisotopic (exact) mass is 1220 g/mol. The zero-order chi connectivity index (χ0) is 60.8. The third kappa shape index (κ3) is 18.6. The summed E-state index contributed by atoms with van der Waals surface area (Å²) in [6.07, 6.45) is 3.19. The van der Waals surface area contributed by atoms with Crippen LogP contribution in [0, 0.1) is 22.7 Å². The minimum absolute atomic E-state index is 0.0444. The van der Waals surface area contributed by atoms with Crippen molar-refractivity contribution >= 4 is 119 Å². The van der Waals surface area contributed by atoms with E-state index in [-0.39, 0.29) is 42.0 Å². The van der Waals surface area contributed by atoms with Gasteiger partial charge in [0.2, 0.25) is 23.7 Å². The number of halogens is 2. The van der Waals surface area contributed by atoms with E-state index in [1.54, 1.807) is 0 Å². The summed E-state index contributed by atoms with van der Waals surface area (Å²) in [4.78, 5) is 40.8. The number of fused-ring (bicyclic) bond motifs is 2. The number of allylic oxidation sites excluding steroid dienone is 2. The number of carbonyl (C=O) groups is 1. The van der Waals surface area contributed by atoms with E-state index >= 15 is 0 Å². The van der Waals surface area contributed by atoms with E-state index in [4.69, 9.17) is 59.7 Å². The van der Waals surface area contributed by atoms with Gasteiger partial charge in [0.05, 0.1) is 44.7 Å². The van der Waals surface area contributed by atoms with E-state index in [2.05, 4.69) is 47.4 Å². The molecule has 0 saturated carbocycles. The van der Waals surface area contributed by atoms with Crippen LogP contribution in [0.4, 0.5) is 28.1 Å². The third-order valence-corrected chi connectivity index (χ3v) is 15.1. The first-order valence-corrected chi connectivity index (χ1v) is 28.9. The van der Waals surface area contributed by atoms with E-state index < -0.39 is 6.09 Å². The van der Waals surface area contributed by atoms with Crippen LogP contribution in [0.25, 0.3) is 43.7 Å². The predicted molar refractivity (Wildman–Crippen MR) is 343 cm³/mol. The van der Waals surface area contributed by atoms with Crippen molar-refractivity contribution in [1.82, 2.24) is 35.2 Å². The summed E-state index contributed by atoms with van der Waals surface area (Å²) in [5.41, 5.74) is 27.2. The van der Waals surface area contributed by atoms with Gasteiger partial charge in [-0.3, -0.25) is 0 Å². The van der Waals surface area contributed by atoms with Crippen molar-refractivity contribution < 1.29 is 24.1 Å². The molecule has 0 aliphatic carbocycles. The lowest BCUT2D eigenvalue weighted by atomic mass is 10.1. The number of nitrogens with zero attached hydrogens (tertiary/aromatic N) is 10. The Morgan fingerprint density at radius 2 is 1.03 bits per heavy atom. The second-order valence-corrected chi connectivity index (χ2v) is 21.6. The number of aromatic nitrogens is 6. The fraction of sp³-hybridized carbons (Fsp3) is 0.159. The number of nitrogens with one attached hydrogen (secondary N) is 1.